The van der Waals surface area contributed by atoms with Crippen LogP contribution < -0.4 is 4.89 Å². The van der Waals surface area contributed by atoms with Gasteiger partial charge >= 0.3 is 11.9 Å². The summed E-state index contributed by atoms with van der Waals surface area (Å²) in [6.45, 7) is 4.11. The Morgan fingerprint density at radius 2 is 1.15 bits per heavy atom. The molecule has 0 spiro atoms. The molecule has 0 aromatic carbocycles. The number of quaternary nitrogens is 1. The molecule has 2 atom stereocenters. The van der Waals surface area contributed by atoms with E-state index in [9.17, 15) is 19.0 Å². The molecular weight excluding hydrogens is 605 g/mol. The molecule has 0 heterocycles. The van der Waals surface area contributed by atoms with Gasteiger partial charge in [-0.25, -0.2) is 0 Å². The number of rotatable bonds is 32. The summed E-state index contributed by atoms with van der Waals surface area (Å²) in [7, 11) is 1.15. The number of phosphoric acid groups is 1. The smallest absolute Gasteiger partial charge is 0.306 e. The second-order valence-corrected chi connectivity index (χ2v) is 14.7. The first kappa shape index (κ1) is 44.5. The van der Waals surface area contributed by atoms with Gasteiger partial charge in [0.25, 0.3) is 7.82 Å². The molecule has 0 saturated heterocycles. The van der Waals surface area contributed by atoms with Gasteiger partial charge in [-0.15, -0.1) is 0 Å². The van der Waals surface area contributed by atoms with Crippen LogP contribution in [0.1, 0.15) is 142 Å². The van der Waals surface area contributed by atoms with Crippen LogP contribution in [0.15, 0.2) is 24.3 Å². The number of hydrogen-bond acceptors (Lipinski definition) is 8. The van der Waals surface area contributed by atoms with Crippen molar-refractivity contribution < 1.29 is 42.1 Å². The van der Waals surface area contributed by atoms with Gasteiger partial charge < -0.3 is 27.9 Å². The second-order valence-electron chi connectivity index (χ2n) is 13.3. The Morgan fingerprint density at radius 1 is 0.674 bits per heavy atom. The molecule has 10 heteroatoms. The number of allylic oxidation sites excluding steroid dienone is 4. The summed E-state index contributed by atoms with van der Waals surface area (Å²) < 4.78 is 33.6. The predicted molar refractivity (Wildman–Crippen MR) is 185 cm³/mol. The van der Waals surface area contributed by atoms with Crippen molar-refractivity contribution in [3.8, 4) is 0 Å². The predicted octanol–water partition coefficient (Wildman–Crippen LogP) is 8.60. The summed E-state index contributed by atoms with van der Waals surface area (Å²) in [4.78, 5) is 37.1. The average molecular weight is 674 g/mol. The standard InChI is InChI=1S/C36H68NO8P/c1-6-8-10-12-14-15-16-17-18-19-20-21-23-24-26-28-35(38)42-32-34(33-44-46(40,41)43-31-30-37(3,4)5)45-36(39)29-27-25-22-13-11-9-7-2/h15-18,34H,6-14,19-33H2,1-5H3/b16-15+,18-17+/t34-/m0/s1. The van der Waals surface area contributed by atoms with Gasteiger partial charge in [0.2, 0.25) is 0 Å². The highest BCUT2D eigenvalue weighted by molar-refractivity contribution is 7.45. The lowest BCUT2D eigenvalue weighted by Crippen LogP contribution is -2.37. The highest BCUT2D eigenvalue weighted by atomic mass is 31.2. The van der Waals surface area contributed by atoms with Crippen LogP contribution in [0.5, 0.6) is 0 Å². The van der Waals surface area contributed by atoms with E-state index in [0.29, 0.717) is 23.9 Å². The first-order valence-electron chi connectivity index (χ1n) is 18.1. The van der Waals surface area contributed by atoms with Crippen molar-refractivity contribution >= 4 is 19.8 Å². The van der Waals surface area contributed by atoms with Crippen molar-refractivity contribution in [3.05, 3.63) is 24.3 Å². The molecule has 0 aliphatic carbocycles. The van der Waals surface area contributed by atoms with E-state index in [1.165, 1.54) is 44.9 Å². The number of nitrogens with zero attached hydrogens (tertiary/aromatic N) is 1. The highest BCUT2D eigenvalue weighted by Crippen LogP contribution is 2.38. The van der Waals surface area contributed by atoms with Gasteiger partial charge in [-0.1, -0.05) is 115 Å². The molecule has 0 aromatic rings. The lowest BCUT2D eigenvalue weighted by atomic mass is 10.1. The van der Waals surface area contributed by atoms with Crippen LogP contribution in [0.25, 0.3) is 0 Å². The summed E-state index contributed by atoms with van der Waals surface area (Å²) in [5.41, 5.74) is 0. The van der Waals surface area contributed by atoms with E-state index in [1.54, 1.807) is 0 Å². The van der Waals surface area contributed by atoms with Crippen molar-refractivity contribution in [2.75, 3.05) is 47.5 Å². The molecule has 0 rings (SSSR count). The first-order valence-corrected chi connectivity index (χ1v) is 19.5. The van der Waals surface area contributed by atoms with E-state index < -0.39 is 32.5 Å². The average Bonchev–Trinajstić information content (AvgIpc) is 2.99. The van der Waals surface area contributed by atoms with Gasteiger partial charge in [0.1, 0.15) is 19.8 Å². The van der Waals surface area contributed by atoms with Crippen LogP contribution in [-0.2, 0) is 32.7 Å². The number of phosphoric ester groups is 1. The largest absolute Gasteiger partial charge is 0.756 e. The van der Waals surface area contributed by atoms with Gasteiger partial charge in [0.15, 0.2) is 6.10 Å². The van der Waals surface area contributed by atoms with E-state index in [0.717, 1.165) is 57.8 Å². The maximum absolute atomic E-state index is 12.5. The SMILES string of the molecule is CCCCCC/C=C/C=C/CCCCCCCC(=O)OC[C@@H](COP(=O)([O-])OCC[N+](C)(C)C)OC(=O)CCCCCCCCC. The molecule has 0 saturated carbocycles. The fourth-order valence-electron chi connectivity index (χ4n) is 4.58. The summed E-state index contributed by atoms with van der Waals surface area (Å²) in [5, 5.41) is 0. The molecule has 0 radical (unpaired) electrons. The van der Waals surface area contributed by atoms with Crippen molar-refractivity contribution in [1.29, 1.82) is 0 Å². The Bertz CT molecular complexity index is 855. The molecule has 9 nitrogen and oxygen atoms in total. The first-order chi connectivity index (χ1) is 22.0. The van der Waals surface area contributed by atoms with E-state index in [2.05, 4.69) is 38.2 Å². The van der Waals surface area contributed by atoms with Crippen molar-refractivity contribution in [1.82, 2.24) is 0 Å². The lowest BCUT2D eigenvalue weighted by molar-refractivity contribution is -0.870. The van der Waals surface area contributed by atoms with Gasteiger partial charge in [-0.3, -0.25) is 14.2 Å². The summed E-state index contributed by atoms with van der Waals surface area (Å²) in [6, 6.07) is 0. The molecule has 1 unspecified atom stereocenters. The van der Waals surface area contributed by atoms with Gasteiger partial charge in [-0.2, -0.15) is 0 Å². The van der Waals surface area contributed by atoms with E-state index in [4.69, 9.17) is 18.5 Å². The Labute approximate surface area is 281 Å². The zero-order valence-corrected chi connectivity index (χ0v) is 30.9. The second kappa shape index (κ2) is 29.6. The Balaban J connectivity index is 4.41. The third-order valence-corrected chi connectivity index (χ3v) is 8.47. The number of ether oxygens (including phenoxy) is 2. The Kier molecular flexibility index (Phi) is 28.6. The minimum atomic E-state index is -4.61. The maximum Gasteiger partial charge on any atom is 0.306 e. The monoisotopic (exact) mass is 673 g/mol. The maximum atomic E-state index is 12.5. The van der Waals surface area contributed by atoms with E-state index in [1.807, 2.05) is 21.1 Å². The molecule has 0 aromatic heterocycles. The number of likely N-dealkylation sites (N-methyl/N-ethyl adjacent to an activating group) is 1. The minimum Gasteiger partial charge on any atom is -0.756 e. The molecule has 0 bridgehead atoms. The Hall–Kier alpha value is -1.51. The van der Waals surface area contributed by atoms with Crippen LogP contribution >= 0.6 is 7.82 Å². The molecular formula is C36H68NO8P. The van der Waals surface area contributed by atoms with Gasteiger partial charge in [0.05, 0.1) is 27.7 Å². The third kappa shape index (κ3) is 32.4. The summed E-state index contributed by atoms with van der Waals surface area (Å²) in [5.74, 6) is -0.861. The van der Waals surface area contributed by atoms with Crippen molar-refractivity contribution in [2.24, 2.45) is 0 Å². The van der Waals surface area contributed by atoms with Crippen LogP contribution in [0.4, 0.5) is 0 Å². The third-order valence-electron chi connectivity index (χ3n) is 7.50. The van der Waals surface area contributed by atoms with Crippen molar-refractivity contribution in [2.45, 2.75) is 148 Å². The zero-order chi connectivity index (χ0) is 34.4. The van der Waals surface area contributed by atoms with E-state index >= 15 is 0 Å². The van der Waals surface area contributed by atoms with E-state index in [-0.39, 0.29) is 26.1 Å². The van der Waals surface area contributed by atoms with Crippen molar-refractivity contribution in [3.63, 3.8) is 0 Å². The molecule has 0 N–H and O–H groups in total. The van der Waals surface area contributed by atoms with Crippen LogP contribution in [0, 0.1) is 0 Å². The number of hydrogen-bond donors (Lipinski definition) is 0. The number of unbranched alkanes of at least 4 members (excludes halogenated alkanes) is 15. The Morgan fingerprint density at radius 3 is 1.70 bits per heavy atom. The zero-order valence-electron chi connectivity index (χ0n) is 30.0. The van der Waals surface area contributed by atoms with Gasteiger partial charge in [-0.05, 0) is 38.5 Å². The fourth-order valence-corrected chi connectivity index (χ4v) is 5.31. The molecule has 0 aliphatic heterocycles. The molecule has 0 fully saturated rings. The van der Waals surface area contributed by atoms with Crippen LogP contribution in [0.3, 0.4) is 0 Å². The number of carbonyl (C=O) groups is 2. The molecule has 46 heavy (non-hydrogen) atoms. The normalized spacial score (nSPS) is 14.1. The van der Waals surface area contributed by atoms with Crippen LogP contribution in [-0.4, -0.2) is 70.0 Å². The summed E-state index contributed by atoms with van der Waals surface area (Å²) in [6.07, 6.45) is 27.9. The lowest BCUT2D eigenvalue weighted by Gasteiger charge is -2.28. The van der Waals surface area contributed by atoms with Gasteiger partial charge in [0, 0.05) is 12.8 Å². The quantitative estimate of drug-likeness (QED) is 0.0230. The molecule has 0 aliphatic rings. The van der Waals surface area contributed by atoms with Crippen LogP contribution in [0.2, 0.25) is 0 Å². The molecule has 0 amide bonds. The fraction of sp³-hybridized carbons (Fsp3) is 0.833. The summed E-state index contributed by atoms with van der Waals surface area (Å²) >= 11 is 0. The minimum absolute atomic E-state index is 0.0325. The molecule has 270 valence electrons. The number of esters is 2. The highest BCUT2D eigenvalue weighted by Gasteiger charge is 2.21. The number of carbonyl (C=O) groups excluding carboxylic acids is 2. The topological polar surface area (TPSA) is 111 Å².